The van der Waals surface area contributed by atoms with Crippen LogP contribution in [0.5, 0.6) is 0 Å². The van der Waals surface area contributed by atoms with Crippen molar-refractivity contribution >= 4 is 23.1 Å². The molecular formula is C10H15ClN4. The molecule has 2 heterocycles. The van der Waals surface area contributed by atoms with E-state index in [-0.39, 0.29) is 0 Å². The highest BCUT2D eigenvalue weighted by molar-refractivity contribution is 6.29. The molecule has 1 aliphatic heterocycles. The number of aromatic nitrogens is 1. The Bertz CT molecular complexity index is 316. The first-order valence-corrected chi connectivity index (χ1v) is 5.52. The summed E-state index contributed by atoms with van der Waals surface area (Å²) >= 11 is 5.82. The molecule has 0 amide bonds. The molecule has 0 spiro atoms. The average Bonchev–Trinajstić information content (AvgIpc) is 2.17. The van der Waals surface area contributed by atoms with E-state index in [0.717, 1.165) is 31.7 Å². The lowest BCUT2D eigenvalue weighted by molar-refractivity contribution is 0.478. The minimum absolute atomic E-state index is 0.437. The zero-order valence-corrected chi connectivity index (χ0v) is 9.22. The molecule has 5 heteroatoms. The number of halogens is 1. The Morgan fingerprint density at radius 1 is 1.40 bits per heavy atom. The van der Waals surface area contributed by atoms with Gasteiger partial charge in [0.05, 0.1) is 0 Å². The molecule has 1 aromatic rings. The van der Waals surface area contributed by atoms with Gasteiger partial charge < -0.3 is 16.4 Å². The number of nitrogens with one attached hydrogen (secondary N) is 2. The normalized spacial score (nSPS) is 17.7. The second kappa shape index (κ2) is 4.68. The van der Waals surface area contributed by atoms with Gasteiger partial charge in [-0.3, -0.25) is 0 Å². The van der Waals surface area contributed by atoms with Crippen molar-refractivity contribution in [3.8, 4) is 0 Å². The Balaban J connectivity index is 2.02. The molecule has 15 heavy (non-hydrogen) atoms. The Morgan fingerprint density at radius 2 is 2.13 bits per heavy atom. The maximum absolute atomic E-state index is 5.82. The van der Waals surface area contributed by atoms with Crippen molar-refractivity contribution in [3.05, 3.63) is 17.3 Å². The first-order valence-electron chi connectivity index (χ1n) is 5.14. The number of nitrogen functional groups attached to an aromatic ring is 1. The second-order valence-electron chi connectivity index (χ2n) is 3.78. The summed E-state index contributed by atoms with van der Waals surface area (Å²) in [6, 6.07) is 3.93. The van der Waals surface area contributed by atoms with Crippen molar-refractivity contribution < 1.29 is 0 Å². The molecule has 0 saturated carbocycles. The molecule has 82 valence electrons. The Labute approximate surface area is 94.2 Å². The third kappa shape index (κ3) is 2.97. The zero-order valence-electron chi connectivity index (χ0n) is 8.46. The van der Waals surface area contributed by atoms with Gasteiger partial charge in [-0.15, -0.1) is 0 Å². The summed E-state index contributed by atoms with van der Waals surface area (Å²) in [5.74, 6) is 0.770. The van der Waals surface area contributed by atoms with Gasteiger partial charge in [-0.2, -0.15) is 0 Å². The van der Waals surface area contributed by atoms with Crippen molar-refractivity contribution in [2.75, 3.05) is 24.1 Å². The van der Waals surface area contributed by atoms with Crippen molar-refractivity contribution in [1.82, 2.24) is 10.3 Å². The number of hydrogen-bond donors (Lipinski definition) is 3. The second-order valence-corrected chi connectivity index (χ2v) is 4.16. The summed E-state index contributed by atoms with van der Waals surface area (Å²) < 4.78 is 0. The van der Waals surface area contributed by atoms with Crippen LogP contribution in [0.4, 0.5) is 11.5 Å². The lowest BCUT2D eigenvalue weighted by atomic mass is 10.1. The number of pyridine rings is 1. The zero-order chi connectivity index (χ0) is 10.7. The first-order chi connectivity index (χ1) is 7.24. The number of nitrogens with two attached hydrogens (primary N) is 1. The topological polar surface area (TPSA) is 63.0 Å². The number of anilines is 2. The van der Waals surface area contributed by atoms with Crippen LogP contribution < -0.4 is 16.4 Å². The van der Waals surface area contributed by atoms with Gasteiger partial charge in [0.15, 0.2) is 0 Å². The van der Waals surface area contributed by atoms with E-state index in [1.165, 1.54) is 0 Å². The van der Waals surface area contributed by atoms with E-state index in [0.29, 0.717) is 16.9 Å². The minimum Gasteiger partial charge on any atom is -0.399 e. The van der Waals surface area contributed by atoms with E-state index >= 15 is 0 Å². The molecule has 0 radical (unpaired) electrons. The van der Waals surface area contributed by atoms with Gasteiger partial charge in [-0.25, -0.2) is 4.98 Å². The number of nitrogens with zero attached hydrogens (tertiary/aromatic N) is 1. The summed E-state index contributed by atoms with van der Waals surface area (Å²) in [4.78, 5) is 4.18. The summed E-state index contributed by atoms with van der Waals surface area (Å²) in [6.45, 7) is 2.10. The van der Waals surface area contributed by atoms with E-state index in [2.05, 4.69) is 15.6 Å². The summed E-state index contributed by atoms with van der Waals surface area (Å²) in [7, 11) is 0. The summed E-state index contributed by atoms with van der Waals surface area (Å²) in [6.07, 6.45) is 2.21. The Morgan fingerprint density at radius 3 is 2.80 bits per heavy atom. The fourth-order valence-electron chi connectivity index (χ4n) is 1.77. The highest BCUT2D eigenvalue weighted by Gasteiger charge is 2.13. The molecule has 2 rings (SSSR count). The number of piperidine rings is 1. The average molecular weight is 227 g/mol. The van der Waals surface area contributed by atoms with E-state index in [9.17, 15) is 0 Å². The third-order valence-electron chi connectivity index (χ3n) is 2.51. The van der Waals surface area contributed by atoms with Gasteiger partial charge in [0, 0.05) is 17.8 Å². The van der Waals surface area contributed by atoms with Gasteiger partial charge in [-0.1, -0.05) is 11.6 Å². The van der Waals surface area contributed by atoms with Crippen LogP contribution in [0.15, 0.2) is 12.1 Å². The molecule has 0 unspecified atom stereocenters. The first kappa shape index (κ1) is 10.5. The van der Waals surface area contributed by atoms with Crippen LogP contribution in [0.2, 0.25) is 5.15 Å². The summed E-state index contributed by atoms with van der Waals surface area (Å²) in [5, 5.41) is 7.10. The van der Waals surface area contributed by atoms with Crippen LogP contribution in [0, 0.1) is 0 Å². The van der Waals surface area contributed by atoms with Crippen molar-refractivity contribution in [2.45, 2.75) is 18.9 Å². The van der Waals surface area contributed by atoms with Gasteiger partial charge in [0.25, 0.3) is 0 Å². The molecule has 4 nitrogen and oxygen atoms in total. The Kier molecular flexibility index (Phi) is 3.28. The number of rotatable bonds is 2. The van der Waals surface area contributed by atoms with Crippen molar-refractivity contribution in [1.29, 1.82) is 0 Å². The lowest BCUT2D eigenvalue weighted by Gasteiger charge is -2.24. The maximum atomic E-state index is 5.82. The molecule has 0 aromatic carbocycles. The van der Waals surface area contributed by atoms with Crippen LogP contribution in [-0.2, 0) is 0 Å². The quantitative estimate of drug-likeness (QED) is 0.669. The molecule has 1 aromatic heterocycles. The summed E-state index contributed by atoms with van der Waals surface area (Å²) in [5.41, 5.74) is 6.33. The number of hydrogen-bond acceptors (Lipinski definition) is 4. The van der Waals surface area contributed by atoms with Crippen molar-refractivity contribution in [2.24, 2.45) is 0 Å². The largest absolute Gasteiger partial charge is 0.399 e. The van der Waals surface area contributed by atoms with E-state index in [1.54, 1.807) is 6.07 Å². The van der Waals surface area contributed by atoms with E-state index in [1.807, 2.05) is 6.07 Å². The predicted octanol–water partition coefficient (Wildman–Crippen LogP) is 1.48. The van der Waals surface area contributed by atoms with Gasteiger partial charge in [0.1, 0.15) is 11.0 Å². The van der Waals surface area contributed by atoms with Crippen LogP contribution in [0.25, 0.3) is 0 Å². The van der Waals surface area contributed by atoms with Crippen molar-refractivity contribution in [3.63, 3.8) is 0 Å². The molecule has 0 atom stereocenters. The molecule has 1 aliphatic rings. The minimum atomic E-state index is 0.437. The molecule has 4 N–H and O–H groups in total. The molecule has 1 saturated heterocycles. The molecule has 1 fully saturated rings. The molecule has 0 aliphatic carbocycles. The predicted molar refractivity (Wildman–Crippen MR) is 63.2 cm³/mol. The van der Waals surface area contributed by atoms with Crippen LogP contribution in [0.3, 0.4) is 0 Å². The van der Waals surface area contributed by atoms with Crippen LogP contribution >= 0.6 is 11.6 Å². The van der Waals surface area contributed by atoms with Crippen LogP contribution in [-0.4, -0.2) is 24.1 Å². The highest BCUT2D eigenvalue weighted by atomic mass is 35.5. The van der Waals surface area contributed by atoms with Gasteiger partial charge in [-0.05, 0) is 32.0 Å². The fourth-order valence-corrected chi connectivity index (χ4v) is 1.98. The smallest absolute Gasteiger partial charge is 0.133 e. The monoisotopic (exact) mass is 226 g/mol. The van der Waals surface area contributed by atoms with Gasteiger partial charge in [0.2, 0.25) is 0 Å². The third-order valence-corrected chi connectivity index (χ3v) is 2.70. The fraction of sp³-hybridized carbons (Fsp3) is 0.500. The maximum Gasteiger partial charge on any atom is 0.133 e. The molecule has 0 bridgehead atoms. The Hall–Kier alpha value is -1.00. The van der Waals surface area contributed by atoms with Gasteiger partial charge >= 0.3 is 0 Å². The standard InChI is InChI=1S/C10H15ClN4/c11-9-5-7(12)6-10(15-9)14-8-1-3-13-4-2-8/h5-6,8,13H,1-4H2,(H3,12,14,15). The lowest BCUT2D eigenvalue weighted by Crippen LogP contribution is -2.35. The van der Waals surface area contributed by atoms with E-state index < -0.39 is 0 Å². The van der Waals surface area contributed by atoms with E-state index in [4.69, 9.17) is 17.3 Å². The molecular weight excluding hydrogens is 212 g/mol. The highest BCUT2D eigenvalue weighted by Crippen LogP contribution is 2.18. The SMILES string of the molecule is Nc1cc(Cl)nc(NC2CCNCC2)c1. The van der Waals surface area contributed by atoms with Crippen LogP contribution in [0.1, 0.15) is 12.8 Å².